The number of carbonyl (C=O) groups excluding carboxylic acids is 1. The minimum Gasteiger partial charge on any atom is -0.395 e. The van der Waals surface area contributed by atoms with Crippen LogP contribution in [0.5, 0.6) is 0 Å². The van der Waals surface area contributed by atoms with E-state index in [1.807, 2.05) is 30.3 Å². The normalized spacial score (nSPS) is 19.0. The molecule has 1 fully saturated rings. The van der Waals surface area contributed by atoms with Crippen molar-refractivity contribution in [1.82, 2.24) is 4.90 Å². The Morgan fingerprint density at radius 2 is 1.80 bits per heavy atom. The fourth-order valence-electron chi connectivity index (χ4n) is 3.39. The average molecular weight is 337 g/mol. The Morgan fingerprint density at radius 3 is 2.40 bits per heavy atom. The van der Waals surface area contributed by atoms with Gasteiger partial charge < -0.3 is 10.0 Å². The summed E-state index contributed by atoms with van der Waals surface area (Å²) in [6.45, 7) is 5.33. The summed E-state index contributed by atoms with van der Waals surface area (Å²) in [5.41, 5.74) is 3.69. The highest BCUT2D eigenvalue weighted by Crippen LogP contribution is 2.48. The lowest BCUT2D eigenvalue weighted by Gasteiger charge is -2.22. The summed E-state index contributed by atoms with van der Waals surface area (Å²) < 4.78 is 0. The van der Waals surface area contributed by atoms with Gasteiger partial charge in [-0.1, -0.05) is 68.4 Å². The van der Waals surface area contributed by atoms with Gasteiger partial charge in [-0.15, -0.1) is 0 Å². The molecule has 0 heterocycles. The van der Waals surface area contributed by atoms with E-state index in [1.54, 1.807) is 4.90 Å². The number of hydrogen-bond acceptors (Lipinski definition) is 2. The van der Waals surface area contributed by atoms with Crippen LogP contribution in [0, 0.1) is 5.92 Å². The van der Waals surface area contributed by atoms with E-state index < -0.39 is 0 Å². The molecule has 3 nitrogen and oxygen atoms in total. The molecule has 132 valence electrons. The molecule has 0 bridgehead atoms. The van der Waals surface area contributed by atoms with Gasteiger partial charge in [0.1, 0.15) is 0 Å². The van der Waals surface area contributed by atoms with E-state index >= 15 is 0 Å². The summed E-state index contributed by atoms with van der Waals surface area (Å²) in [6, 6.07) is 18.7. The first-order chi connectivity index (χ1) is 12.1. The van der Waals surface area contributed by atoms with Crippen molar-refractivity contribution in [2.75, 3.05) is 13.2 Å². The fourth-order valence-corrected chi connectivity index (χ4v) is 3.39. The Hall–Kier alpha value is -2.13. The molecule has 25 heavy (non-hydrogen) atoms. The average Bonchev–Trinajstić information content (AvgIpc) is 3.42. The first kappa shape index (κ1) is 17.7. The van der Waals surface area contributed by atoms with Crippen LogP contribution in [0.1, 0.15) is 48.8 Å². The number of amides is 1. The summed E-state index contributed by atoms with van der Waals surface area (Å²) in [4.78, 5) is 14.7. The lowest BCUT2D eigenvalue weighted by atomic mass is 10.00. The molecule has 0 radical (unpaired) electrons. The van der Waals surface area contributed by atoms with Crippen LogP contribution in [0.3, 0.4) is 0 Å². The molecule has 1 N–H and O–H groups in total. The smallest absolute Gasteiger partial charge is 0.226 e. The summed E-state index contributed by atoms with van der Waals surface area (Å²) in [6.07, 6.45) is 0.913. The lowest BCUT2D eigenvalue weighted by Crippen LogP contribution is -2.34. The van der Waals surface area contributed by atoms with Crippen molar-refractivity contribution in [2.45, 2.75) is 38.6 Å². The Kier molecular flexibility index (Phi) is 5.54. The lowest BCUT2D eigenvalue weighted by molar-refractivity contribution is -0.133. The molecule has 2 atom stereocenters. The van der Waals surface area contributed by atoms with Gasteiger partial charge in [-0.05, 0) is 34.9 Å². The maximum absolute atomic E-state index is 12.9. The van der Waals surface area contributed by atoms with E-state index in [2.05, 4.69) is 38.1 Å². The zero-order chi connectivity index (χ0) is 17.8. The van der Waals surface area contributed by atoms with Crippen molar-refractivity contribution in [3.8, 4) is 0 Å². The number of rotatable bonds is 7. The standard InChI is InChI=1S/C22H27NO2/c1-16(2)18-8-10-19(11-9-18)20-14-21(20)22(25)23(12-13-24)15-17-6-4-3-5-7-17/h3-11,16,20-21,24H,12-15H2,1-2H3/t20-,21-/m0/s1. The fraction of sp³-hybridized carbons (Fsp3) is 0.409. The summed E-state index contributed by atoms with van der Waals surface area (Å²) in [5.74, 6) is 1.07. The summed E-state index contributed by atoms with van der Waals surface area (Å²) >= 11 is 0. The van der Waals surface area contributed by atoms with Crippen molar-refractivity contribution in [3.05, 3.63) is 71.3 Å². The third kappa shape index (κ3) is 4.29. The molecule has 1 saturated carbocycles. The maximum Gasteiger partial charge on any atom is 0.226 e. The SMILES string of the molecule is CC(C)c1ccc([C@@H]2C[C@@H]2C(=O)N(CCO)Cc2ccccc2)cc1. The number of aliphatic hydroxyl groups is 1. The molecular formula is C22H27NO2. The zero-order valence-electron chi connectivity index (χ0n) is 15.1. The molecule has 0 saturated heterocycles. The van der Waals surface area contributed by atoms with Gasteiger partial charge in [0.15, 0.2) is 0 Å². The first-order valence-electron chi connectivity index (χ1n) is 9.13. The van der Waals surface area contributed by atoms with Gasteiger partial charge in [-0.3, -0.25) is 4.79 Å². The van der Waals surface area contributed by atoms with Crippen LogP contribution in [0.2, 0.25) is 0 Å². The highest BCUT2D eigenvalue weighted by molar-refractivity contribution is 5.83. The van der Waals surface area contributed by atoms with Crippen LogP contribution in [0.15, 0.2) is 54.6 Å². The Bertz CT molecular complexity index is 694. The molecule has 0 spiro atoms. The van der Waals surface area contributed by atoms with E-state index in [0.717, 1.165) is 12.0 Å². The second kappa shape index (κ2) is 7.83. The molecule has 0 aliphatic heterocycles. The van der Waals surface area contributed by atoms with Gasteiger partial charge >= 0.3 is 0 Å². The number of hydrogen-bond donors (Lipinski definition) is 1. The molecule has 1 aliphatic rings. The molecule has 0 aromatic heterocycles. The second-order valence-electron chi connectivity index (χ2n) is 7.24. The van der Waals surface area contributed by atoms with Gasteiger partial charge in [0, 0.05) is 19.0 Å². The monoisotopic (exact) mass is 337 g/mol. The van der Waals surface area contributed by atoms with Crippen molar-refractivity contribution < 1.29 is 9.90 Å². The second-order valence-corrected chi connectivity index (χ2v) is 7.24. The molecule has 3 heteroatoms. The minimum atomic E-state index is -0.000947. The first-order valence-corrected chi connectivity index (χ1v) is 9.13. The molecule has 0 unspecified atom stereocenters. The number of carbonyl (C=O) groups is 1. The van der Waals surface area contributed by atoms with Crippen LogP contribution < -0.4 is 0 Å². The number of benzene rings is 2. The van der Waals surface area contributed by atoms with Gasteiger partial charge in [0.2, 0.25) is 5.91 Å². The predicted molar refractivity (Wildman–Crippen MR) is 100 cm³/mol. The molecule has 1 aliphatic carbocycles. The van der Waals surface area contributed by atoms with Crippen molar-refractivity contribution >= 4 is 5.91 Å². The van der Waals surface area contributed by atoms with Gasteiger partial charge in [-0.25, -0.2) is 0 Å². The molecule has 3 rings (SSSR count). The van der Waals surface area contributed by atoms with Crippen LogP contribution in [-0.4, -0.2) is 29.1 Å². The van der Waals surface area contributed by atoms with Crippen molar-refractivity contribution in [3.63, 3.8) is 0 Å². The zero-order valence-corrected chi connectivity index (χ0v) is 15.1. The molecular weight excluding hydrogens is 310 g/mol. The van der Waals surface area contributed by atoms with Crippen molar-refractivity contribution in [1.29, 1.82) is 0 Å². The Labute approximate surface area is 150 Å². The van der Waals surface area contributed by atoms with Crippen LogP contribution in [-0.2, 0) is 11.3 Å². The van der Waals surface area contributed by atoms with Gasteiger partial charge in [-0.2, -0.15) is 0 Å². The Morgan fingerprint density at radius 1 is 1.12 bits per heavy atom. The summed E-state index contributed by atoms with van der Waals surface area (Å²) in [7, 11) is 0. The Balaban J connectivity index is 1.65. The topological polar surface area (TPSA) is 40.5 Å². The van der Waals surface area contributed by atoms with Crippen molar-refractivity contribution in [2.24, 2.45) is 5.92 Å². The van der Waals surface area contributed by atoms with E-state index in [9.17, 15) is 9.90 Å². The summed E-state index contributed by atoms with van der Waals surface area (Å²) in [5, 5.41) is 9.34. The molecule has 1 amide bonds. The third-order valence-corrected chi connectivity index (χ3v) is 5.04. The number of nitrogens with zero attached hydrogens (tertiary/aromatic N) is 1. The number of aliphatic hydroxyl groups excluding tert-OH is 1. The quantitative estimate of drug-likeness (QED) is 0.831. The van der Waals surface area contributed by atoms with Crippen LogP contribution >= 0.6 is 0 Å². The highest BCUT2D eigenvalue weighted by atomic mass is 16.3. The van der Waals surface area contributed by atoms with E-state index in [0.29, 0.717) is 24.9 Å². The largest absolute Gasteiger partial charge is 0.395 e. The predicted octanol–water partition coefficient (Wildman–Crippen LogP) is 3.93. The highest BCUT2D eigenvalue weighted by Gasteiger charge is 2.45. The molecule has 2 aromatic rings. The van der Waals surface area contributed by atoms with Crippen LogP contribution in [0.4, 0.5) is 0 Å². The molecule has 2 aromatic carbocycles. The third-order valence-electron chi connectivity index (χ3n) is 5.04. The minimum absolute atomic E-state index is 0.000947. The van der Waals surface area contributed by atoms with E-state index in [4.69, 9.17) is 0 Å². The maximum atomic E-state index is 12.9. The van der Waals surface area contributed by atoms with E-state index in [1.165, 1.54) is 11.1 Å². The van der Waals surface area contributed by atoms with Gasteiger partial charge in [0.05, 0.1) is 6.61 Å². The van der Waals surface area contributed by atoms with Gasteiger partial charge in [0.25, 0.3) is 0 Å². The van der Waals surface area contributed by atoms with E-state index in [-0.39, 0.29) is 18.4 Å². The van der Waals surface area contributed by atoms with Crippen LogP contribution in [0.25, 0.3) is 0 Å².